The number of hydrogen-bond acceptors (Lipinski definition) is 1. The van der Waals surface area contributed by atoms with Gasteiger partial charge < -0.3 is 5.32 Å². The first-order valence-electron chi connectivity index (χ1n) is 7.29. The topological polar surface area (TPSA) is 12.0 Å². The molecule has 1 nitrogen and oxygen atoms in total. The van der Waals surface area contributed by atoms with Crippen molar-refractivity contribution in [1.82, 2.24) is 5.32 Å². The van der Waals surface area contributed by atoms with Crippen LogP contribution >= 0.6 is 0 Å². The largest absolute Gasteiger partial charge is 0.317 e. The first-order chi connectivity index (χ1) is 7.61. The Morgan fingerprint density at radius 1 is 1.12 bits per heavy atom. The molecule has 16 heavy (non-hydrogen) atoms. The van der Waals surface area contributed by atoms with Gasteiger partial charge in [-0.3, -0.25) is 0 Å². The van der Waals surface area contributed by atoms with Gasteiger partial charge in [0.25, 0.3) is 0 Å². The molecule has 2 aliphatic rings. The van der Waals surface area contributed by atoms with Crippen molar-refractivity contribution in [3.8, 4) is 0 Å². The summed E-state index contributed by atoms with van der Waals surface area (Å²) in [6.45, 7) is 7.15. The molecule has 0 heterocycles. The highest BCUT2D eigenvalue weighted by atomic mass is 14.9. The summed E-state index contributed by atoms with van der Waals surface area (Å²) >= 11 is 0. The lowest BCUT2D eigenvalue weighted by Gasteiger charge is -2.32. The van der Waals surface area contributed by atoms with E-state index < -0.39 is 0 Å². The summed E-state index contributed by atoms with van der Waals surface area (Å²) in [6, 6.07) is 0.680. The van der Waals surface area contributed by atoms with Gasteiger partial charge in [0.15, 0.2) is 0 Å². The van der Waals surface area contributed by atoms with Gasteiger partial charge in [-0.15, -0.1) is 0 Å². The predicted molar refractivity (Wildman–Crippen MR) is 70.4 cm³/mol. The predicted octanol–water partition coefficient (Wildman–Crippen LogP) is 3.69. The van der Waals surface area contributed by atoms with Gasteiger partial charge in [-0.1, -0.05) is 20.3 Å². The summed E-state index contributed by atoms with van der Waals surface area (Å²) in [4.78, 5) is 0. The van der Waals surface area contributed by atoms with Crippen molar-refractivity contribution in [3.05, 3.63) is 0 Å². The minimum atomic E-state index is 0.680. The Labute approximate surface area is 101 Å². The van der Waals surface area contributed by atoms with Gasteiger partial charge in [-0.05, 0) is 69.2 Å². The number of rotatable bonds is 5. The van der Waals surface area contributed by atoms with Gasteiger partial charge in [0, 0.05) is 6.04 Å². The molecule has 0 aromatic carbocycles. The van der Waals surface area contributed by atoms with Crippen molar-refractivity contribution >= 4 is 0 Å². The molecule has 5 atom stereocenters. The van der Waals surface area contributed by atoms with E-state index in [0.717, 1.165) is 29.6 Å². The fourth-order valence-corrected chi connectivity index (χ4v) is 4.28. The Morgan fingerprint density at radius 3 is 2.31 bits per heavy atom. The first-order valence-corrected chi connectivity index (χ1v) is 7.29. The molecule has 0 aliphatic heterocycles. The van der Waals surface area contributed by atoms with Crippen molar-refractivity contribution < 1.29 is 0 Å². The summed E-state index contributed by atoms with van der Waals surface area (Å²) in [6.07, 6.45) is 7.65. The second-order valence-electron chi connectivity index (χ2n) is 6.66. The fourth-order valence-electron chi connectivity index (χ4n) is 4.28. The highest BCUT2D eigenvalue weighted by Crippen LogP contribution is 2.51. The van der Waals surface area contributed by atoms with Crippen LogP contribution in [0.3, 0.4) is 0 Å². The van der Waals surface area contributed by atoms with Crippen molar-refractivity contribution in [3.63, 3.8) is 0 Å². The van der Waals surface area contributed by atoms with E-state index in [2.05, 4.69) is 33.1 Å². The Bertz CT molecular complexity index is 223. The maximum absolute atomic E-state index is 3.46. The Kier molecular flexibility index (Phi) is 3.94. The van der Waals surface area contributed by atoms with E-state index in [1.54, 1.807) is 12.8 Å². The van der Waals surface area contributed by atoms with Crippen LogP contribution in [0.4, 0.5) is 0 Å². The molecule has 1 N–H and O–H groups in total. The standard InChI is InChI=1S/C15H29N/c1-10(2)15(11(3)16-4)9-14-8-12-5-6-13(14)7-12/h10-16H,5-9H2,1-4H3. The number of nitrogens with one attached hydrogen (secondary N) is 1. The fraction of sp³-hybridized carbons (Fsp3) is 1.00. The van der Waals surface area contributed by atoms with Crippen LogP contribution < -0.4 is 5.32 Å². The number of hydrogen-bond donors (Lipinski definition) is 1. The lowest BCUT2D eigenvalue weighted by Crippen LogP contribution is -2.35. The lowest BCUT2D eigenvalue weighted by molar-refractivity contribution is 0.199. The molecule has 2 bridgehead atoms. The van der Waals surface area contributed by atoms with Crippen molar-refractivity contribution in [2.24, 2.45) is 29.6 Å². The molecular weight excluding hydrogens is 194 g/mol. The minimum Gasteiger partial charge on any atom is -0.317 e. The molecule has 2 aliphatic carbocycles. The van der Waals surface area contributed by atoms with E-state index >= 15 is 0 Å². The molecule has 0 amide bonds. The highest BCUT2D eigenvalue weighted by Gasteiger charge is 2.40. The van der Waals surface area contributed by atoms with E-state index in [9.17, 15) is 0 Å². The molecule has 2 rings (SSSR count). The summed E-state index contributed by atoms with van der Waals surface area (Å²) in [5.41, 5.74) is 0. The van der Waals surface area contributed by atoms with E-state index in [4.69, 9.17) is 0 Å². The summed E-state index contributed by atoms with van der Waals surface area (Å²) in [7, 11) is 2.11. The average Bonchev–Trinajstić information content (AvgIpc) is 2.86. The molecule has 0 saturated heterocycles. The van der Waals surface area contributed by atoms with Gasteiger partial charge in [-0.25, -0.2) is 0 Å². The summed E-state index contributed by atoms with van der Waals surface area (Å²) < 4.78 is 0. The van der Waals surface area contributed by atoms with E-state index in [0.29, 0.717) is 6.04 Å². The Balaban J connectivity index is 1.90. The quantitative estimate of drug-likeness (QED) is 0.749. The SMILES string of the molecule is CNC(C)C(CC1CC2CCC1C2)C(C)C. The molecule has 94 valence electrons. The zero-order valence-electron chi connectivity index (χ0n) is 11.5. The second-order valence-corrected chi connectivity index (χ2v) is 6.66. The maximum atomic E-state index is 3.46. The van der Waals surface area contributed by atoms with Crippen LogP contribution in [-0.4, -0.2) is 13.1 Å². The van der Waals surface area contributed by atoms with E-state index in [-0.39, 0.29) is 0 Å². The molecule has 2 saturated carbocycles. The zero-order valence-corrected chi connectivity index (χ0v) is 11.5. The van der Waals surface area contributed by atoms with Gasteiger partial charge in [0.05, 0.1) is 0 Å². The molecule has 0 aromatic rings. The molecule has 2 fully saturated rings. The van der Waals surface area contributed by atoms with Crippen LogP contribution in [0.1, 0.15) is 52.9 Å². The van der Waals surface area contributed by atoms with Crippen LogP contribution in [0, 0.1) is 29.6 Å². The molecule has 0 radical (unpaired) electrons. The monoisotopic (exact) mass is 223 g/mol. The van der Waals surface area contributed by atoms with Crippen LogP contribution in [0.5, 0.6) is 0 Å². The highest BCUT2D eigenvalue weighted by molar-refractivity contribution is 4.92. The van der Waals surface area contributed by atoms with E-state index in [1.165, 1.54) is 19.3 Å². The van der Waals surface area contributed by atoms with Crippen LogP contribution in [0.25, 0.3) is 0 Å². The average molecular weight is 223 g/mol. The summed E-state index contributed by atoms with van der Waals surface area (Å²) in [5, 5.41) is 3.46. The third-order valence-corrected chi connectivity index (χ3v) is 5.41. The normalized spacial score (nSPS) is 36.9. The van der Waals surface area contributed by atoms with Gasteiger partial charge >= 0.3 is 0 Å². The van der Waals surface area contributed by atoms with Crippen LogP contribution in [-0.2, 0) is 0 Å². The molecular formula is C15H29N. The van der Waals surface area contributed by atoms with Crippen LogP contribution in [0.15, 0.2) is 0 Å². The van der Waals surface area contributed by atoms with Gasteiger partial charge in [-0.2, -0.15) is 0 Å². The number of fused-ring (bicyclic) bond motifs is 2. The first kappa shape index (κ1) is 12.4. The Hall–Kier alpha value is -0.0400. The Morgan fingerprint density at radius 2 is 1.88 bits per heavy atom. The van der Waals surface area contributed by atoms with Gasteiger partial charge in [0.1, 0.15) is 0 Å². The summed E-state index contributed by atoms with van der Waals surface area (Å²) in [5.74, 6) is 4.95. The van der Waals surface area contributed by atoms with Crippen molar-refractivity contribution in [2.45, 2.75) is 58.9 Å². The van der Waals surface area contributed by atoms with Crippen LogP contribution in [0.2, 0.25) is 0 Å². The van der Waals surface area contributed by atoms with Crippen molar-refractivity contribution in [2.75, 3.05) is 7.05 Å². The minimum absolute atomic E-state index is 0.680. The zero-order chi connectivity index (χ0) is 11.7. The third kappa shape index (κ3) is 2.45. The molecule has 5 unspecified atom stereocenters. The molecule has 0 spiro atoms. The smallest absolute Gasteiger partial charge is 0.00665 e. The van der Waals surface area contributed by atoms with Crippen molar-refractivity contribution in [1.29, 1.82) is 0 Å². The second kappa shape index (κ2) is 5.08. The maximum Gasteiger partial charge on any atom is 0.00665 e. The molecule has 0 aromatic heterocycles. The molecule has 1 heteroatoms. The lowest BCUT2D eigenvalue weighted by atomic mass is 9.76. The van der Waals surface area contributed by atoms with Gasteiger partial charge in [0.2, 0.25) is 0 Å². The third-order valence-electron chi connectivity index (χ3n) is 5.41. The van der Waals surface area contributed by atoms with E-state index in [1.807, 2.05) is 0 Å².